The molecule has 7 aromatic rings. The summed E-state index contributed by atoms with van der Waals surface area (Å²) in [6.45, 7) is 2.75. The van der Waals surface area contributed by atoms with Gasteiger partial charge in [0.2, 0.25) is 0 Å². The van der Waals surface area contributed by atoms with Gasteiger partial charge in [-0.2, -0.15) is 34.7 Å². The van der Waals surface area contributed by atoms with Crippen LogP contribution in [0.1, 0.15) is 52.8 Å². The van der Waals surface area contributed by atoms with Gasteiger partial charge in [-0.05, 0) is 72.5 Å². The predicted molar refractivity (Wildman–Crippen MR) is 211 cm³/mol. The van der Waals surface area contributed by atoms with E-state index in [9.17, 15) is 61.5 Å². The number of benzene rings is 2. The van der Waals surface area contributed by atoms with Crippen molar-refractivity contribution in [2.75, 3.05) is 24.0 Å². The summed E-state index contributed by atoms with van der Waals surface area (Å²) >= 11 is 0. The first-order valence-corrected chi connectivity index (χ1v) is 21.8. The number of aryl methyl sites for hydroxylation is 2. The smallest absolute Gasteiger partial charge is 0.844 e. The second-order valence-electron chi connectivity index (χ2n) is 13.8. The molecular formula is C35H24Li5N17O13S2. The number of rotatable bonds is 14. The van der Waals surface area contributed by atoms with Gasteiger partial charge in [0.1, 0.15) is 9.79 Å². The first-order valence-electron chi connectivity index (χ1n) is 18.0. The third-order valence-corrected chi connectivity index (χ3v) is 11.2. The zero-order valence-corrected chi connectivity index (χ0v) is 40.7. The topological polar surface area (TPSA) is 463 Å². The third-order valence-electron chi connectivity index (χ3n) is 9.08. The number of anilines is 2. The molecule has 72 heavy (non-hydrogen) atoms. The standard InChI is InChI=1S/C35H29N17O13S2.5Li/c1-13-23(43-45-27-21(66(3,62)63)11-38-49(27)19-7-15(29(53)54)5-16(8-19)30(55)56)25(36)51(47-13)33-40-34(42-35(61)41-33)52-26(37)24(14(2)48-52)44-46-28-22(67(4,64)65)12-39-50(28)20-9-17(31(57)58)6-18(10-20)32(59)60;;;;;/h5-12H,36-37H2,1-4H3,(H,53,54)(H,55,56)(H,57,58)(H,59,60)(H,40,41,42,61);;;;;/q;5*+1/p-5. The molecular weight excluding hydrogens is 965 g/mol. The zero-order chi connectivity index (χ0) is 49.0. The summed E-state index contributed by atoms with van der Waals surface area (Å²) in [5.41, 5.74) is 9.14. The van der Waals surface area contributed by atoms with E-state index < -0.39 is 117 Å². The number of aromatic nitrogens is 11. The summed E-state index contributed by atoms with van der Waals surface area (Å²) in [5.74, 6) is -10.0. The van der Waals surface area contributed by atoms with Gasteiger partial charge in [0, 0.05) is 12.5 Å². The van der Waals surface area contributed by atoms with E-state index in [0.29, 0.717) is 0 Å². The summed E-state index contributed by atoms with van der Waals surface area (Å²) in [5, 5.41) is 91.9. The van der Waals surface area contributed by atoms with Crippen molar-refractivity contribution >= 4 is 78.2 Å². The van der Waals surface area contributed by atoms with Crippen molar-refractivity contribution in [3.05, 3.63) is 82.4 Å². The number of nitrogens with zero attached hydrogens (tertiary/aromatic N) is 15. The summed E-state index contributed by atoms with van der Waals surface area (Å²) in [6, 6.07) is 4.06. The normalized spacial score (nSPS) is 11.2. The molecule has 0 unspecified atom stereocenters. The van der Waals surface area contributed by atoms with Gasteiger partial charge < -0.3 is 56.2 Å². The molecule has 0 spiro atoms. The van der Waals surface area contributed by atoms with Crippen molar-refractivity contribution in [2.24, 2.45) is 20.5 Å². The van der Waals surface area contributed by atoms with Gasteiger partial charge in [0.05, 0.1) is 65.0 Å². The Morgan fingerprint density at radius 3 is 1.10 bits per heavy atom. The van der Waals surface area contributed by atoms with Gasteiger partial charge in [-0.1, -0.05) is 0 Å². The Balaban J connectivity index is 0.00000355. The number of hydrogen-bond acceptors (Lipinski definition) is 26. The van der Waals surface area contributed by atoms with E-state index in [1.807, 2.05) is 0 Å². The molecule has 0 aliphatic heterocycles. The number of carboxylic acid groups (broad SMARTS) is 4. The molecule has 0 bridgehead atoms. The molecule has 0 fully saturated rings. The number of sulfone groups is 2. The van der Waals surface area contributed by atoms with Crippen LogP contribution in [0.25, 0.3) is 23.3 Å². The van der Waals surface area contributed by atoms with Crippen molar-refractivity contribution in [3.63, 3.8) is 0 Å². The quantitative estimate of drug-likeness (QED) is 0.0754. The Morgan fingerprint density at radius 1 is 0.514 bits per heavy atom. The number of nitrogen functional groups attached to an aromatic ring is 2. The fraction of sp³-hybridized carbons (Fsp3) is 0.114. The summed E-state index contributed by atoms with van der Waals surface area (Å²) in [7, 11) is -8.26. The average molecular weight is 990 g/mol. The molecule has 7 rings (SSSR count). The molecule has 344 valence electrons. The maximum absolute atomic E-state index is 12.9. The van der Waals surface area contributed by atoms with E-state index >= 15 is 0 Å². The third kappa shape index (κ3) is 12.5. The average Bonchev–Trinajstić information content (AvgIpc) is 4.01. The Kier molecular flexibility index (Phi) is 20.1. The van der Waals surface area contributed by atoms with Crippen LogP contribution in [0.3, 0.4) is 0 Å². The Bertz CT molecular complexity index is 3300. The zero-order valence-electron chi connectivity index (χ0n) is 39.1. The van der Waals surface area contributed by atoms with Crippen molar-refractivity contribution < 1.29 is 156 Å². The van der Waals surface area contributed by atoms with Crippen LogP contribution in [0.5, 0.6) is 6.01 Å². The Morgan fingerprint density at radius 2 is 0.819 bits per heavy atom. The molecule has 0 atom stereocenters. The molecule has 0 radical (unpaired) electrons. The molecule has 0 aliphatic carbocycles. The van der Waals surface area contributed by atoms with Crippen LogP contribution in [0.15, 0.2) is 79.0 Å². The molecule has 5 heterocycles. The summed E-state index contributed by atoms with van der Waals surface area (Å²) in [4.78, 5) is 57.2. The van der Waals surface area contributed by atoms with Crippen molar-refractivity contribution in [1.29, 1.82) is 0 Å². The number of nitrogens with two attached hydrogens (primary N) is 2. The molecule has 0 saturated heterocycles. The minimum absolute atomic E-state index is 0. The number of hydrogen-bond donors (Lipinski definition) is 2. The number of azo groups is 2. The minimum Gasteiger partial charge on any atom is -0.844 e. The molecule has 0 amide bonds. The van der Waals surface area contributed by atoms with Gasteiger partial charge in [-0.3, -0.25) is 0 Å². The summed E-state index contributed by atoms with van der Waals surface area (Å²) < 4.78 is 54.1. The number of carboxylic acids is 4. The van der Waals surface area contributed by atoms with Gasteiger partial charge >= 0.3 is 94.3 Å². The molecule has 30 nitrogen and oxygen atoms in total. The van der Waals surface area contributed by atoms with Crippen LogP contribution in [0.2, 0.25) is 0 Å². The molecule has 0 aliphatic rings. The first kappa shape index (κ1) is 61.8. The number of carbonyl (C=O) groups is 4. The fourth-order valence-corrected chi connectivity index (χ4v) is 7.42. The molecule has 2 aromatic carbocycles. The predicted octanol–water partition coefficient (Wildman–Crippen LogP) is -18.4. The van der Waals surface area contributed by atoms with Crippen LogP contribution in [0.4, 0.5) is 34.6 Å². The molecule has 0 saturated carbocycles. The molecule has 5 aromatic heterocycles. The fourth-order valence-electron chi connectivity index (χ4n) is 6.02. The van der Waals surface area contributed by atoms with E-state index in [1.54, 1.807) is 0 Å². The maximum Gasteiger partial charge on any atom is 1.00 e. The van der Waals surface area contributed by atoms with E-state index in [2.05, 4.69) is 55.8 Å². The SMILES string of the molecule is Cc1nn(-c2nc([O-])nc(-n3nc(C)c(N=Nc4c(S(C)(=O)=O)cnn4-c4cc(C(=O)[O-])cc(C(=O)[O-])c4)c3N)n2)c(N)c1N=Nc1c(S(C)(=O)=O)cnn1-c1cc(C(=O)[O-])cc(C(=O)[O-])c1.[Li+].[Li+].[Li+].[Li+].[Li+]. The minimum atomic E-state index is -4.13. The summed E-state index contributed by atoms with van der Waals surface area (Å²) in [6.07, 6.45) is 3.31. The van der Waals surface area contributed by atoms with Crippen LogP contribution in [0, 0.1) is 13.8 Å². The molecule has 4 N–H and O–H groups in total. The van der Waals surface area contributed by atoms with Crippen LogP contribution in [-0.4, -0.2) is 107 Å². The van der Waals surface area contributed by atoms with Crippen molar-refractivity contribution in [1.82, 2.24) is 54.1 Å². The van der Waals surface area contributed by atoms with Gasteiger partial charge in [-0.25, -0.2) is 36.2 Å². The van der Waals surface area contributed by atoms with Crippen molar-refractivity contribution in [3.8, 4) is 29.3 Å². The second-order valence-corrected chi connectivity index (χ2v) is 17.8. The largest absolute Gasteiger partial charge is 1.00 e. The van der Waals surface area contributed by atoms with Gasteiger partial charge in [0.25, 0.3) is 11.9 Å². The Hall–Kier alpha value is -6.34. The first-order chi connectivity index (χ1) is 31.3. The second kappa shape index (κ2) is 23.5. The van der Waals surface area contributed by atoms with Gasteiger partial charge in [0.15, 0.2) is 54.3 Å². The van der Waals surface area contributed by atoms with E-state index in [1.165, 1.54) is 13.8 Å². The van der Waals surface area contributed by atoms with E-state index in [4.69, 9.17) is 11.5 Å². The Labute approximate surface area is 464 Å². The monoisotopic (exact) mass is 989 g/mol. The van der Waals surface area contributed by atoms with Crippen LogP contribution in [-0.2, 0) is 19.7 Å². The van der Waals surface area contributed by atoms with E-state index in [0.717, 1.165) is 80.0 Å². The van der Waals surface area contributed by atoms with Crippen LogP contribution < -0.4 is 131 Å². The van der Waals surface area contributed by atoms with E-state index in [-0.39, 0.29) is 128 Å². The number of aromatic carboxylic acids is 4. The molecule has 37 heteroatoms. The van der Waals surface area contributed by atoms with Gasteiger partial charge in [-0.15, -0.1) is 20.5 Å². The van der Waals surface area contributed by atoms with Crippen molar-refractivity contribution in [2.45, 2.75) is 23.6 Å². The maximum atomic E-state index is 12.9. The van der Waals surface area contributed by atoms with Crippen LogP contribution >= 0.6 is 0 Å². The number of carbonyl (C=O) groups excluding carboxylic acids is 4.